The zero-order valence-corrected chi connectivity index (χ0v) is 10.9. The summed E-state index contributed by atoms with van der Waals surface area (Å²) in [5.74, 6) is -0.0996. The van der Waals surface area contributed by atoms with Crippen molar-refractivity contribution in [1.82, 2.24) is 0 Å². The molecule has 90 valence electrons. The van der Waals surface area contributed by atoms with Crippen LogP contribution in [-0.4, -0.2) is 5.78 Å². The van der Waals surface area contributed by atoms with E-state index in [2.05, 4.69) is 0 Å². The number of halogens is 2. The second-order valence-electron chi connectivity index (χ2n) is 3.73. The highest BCUT2D eigenvalue weighted by molar-refractivity contribution is 6.32. The van der Waals surface area contributed by atoms with Crippen LogP contribution in [0, 0.1) is 0 Å². The van der Waals surface area contributed by atoms with Gasteiger partial charge in [-0.3, -0.25) is 4.79 Å². The largest absolute Gasteiger partial charge is 0.289 e. The minimum Gasteiger partial charge on any atom is -0.289 e. The first-order valence-corrected chi connectivity index (χ1v) is 6.15. The summed E-state index contributed by atoms with van der Waals surface area (Å²) in [6.07, 6.45) is 3.19. The molecule has 0 aliphatic rings. The van der Waals surface area contributed by atoms with Crippen molar-refractivity contribution in [3.63, 3.8) is 0 Å². The first-order valence-electron chi connectivity index (χ1n) is 5.39. The highest BCUT2D eigenvalue weighted by Gasteiger charge is 2.02. The van der Waals surface area contributed by atoms with Crippen molar-refractivity contribution in [2.24, 2.45) is 0 Å². The van der Waals surface area contributed by atoms with E-state index in [9.17, 15) is 4.79 Å². The highest BCUT2D eigenvalue weighted by Crippen LogP contribution is 2.17. The molecular formula is C15H10Cl2O. The monoisotopic (exact) mass is 276 g/mol. The van der Waals surface area contributed by atoms with E-state index in [4.69, 9.17) is 23.2 Å². The summed E-state index contributed by atoms with van der Waals surface area (Å²) in [5, 5.41) is 1.17. The summed E-state index contributed by atoms with van der Waals surface area (Å²) in [6, 6.07) is 14.2. The fourth-order valence-corrected chi connectivity index (χ4v) is 1.90. The zero-order chi connectivity index (χ0) is 13.0. The second-order valence-corrected chi connectivity index (χ2v) is 4.57. The summed E-state index contributed by atoms with van der Waals surface area (Å²) in [6.45, 7) is 0. The Morgan fingerprint density at radius 1 is 1.00 bits per heavy atom. The van der Waals surface area contributed by atoms with E-state index in [1.165, 1.54) is 6.08 Å². The van der Waals surface area contributed by atoms with Gasteiger partial charge in [0.1, 0.15) is 0 Å². The molecule has 0 radical (unpaired) electrons. The van der Waals surface area contributed by atoms with Gasteiger partial charge in [-0.2, -0.15) is 0 Å². The van der Waals surface area contributed by atoms with Crippen LogP contribution in [0.1, 0.15) is 15.9 Å². The topological polar surface area (TPSA) is 17.1 Å². The summed E-state index contributed by atoms with van der Waals surface area (Å²) >= 11 is 11.8. The fourth-order valence-electron chi connectivity index (χ4n) is 1.51. The van der Waals surface area contributed by atoms with E-state index in [0.29, 0.717) is 15.6 Å². The average molecular weight is 277 g/mol. The Labute approximate surface area is 116 Å². The maximum atomic E-state index is 11.9. The smallest absolute Gasteiger partial charge is 0.185 e. The number of hydrogen-bond acceptors (Lipinski definition) is 1. The molecule has 0 aliphatic heterocycles. The molecule has 0 spiro atoms. The lowest BCUT2D eigenvalue weighted by atomic mass is 10.1. The van der Waals surface area contributed by atoms with Crippen LogP contribution in [-0.2, 0) is 0 Å². The third-order valence-corrected chi connectivity index (χ3v) is 3.01. The minimum atomic E-state index is -0.0996. The lowest BCUT2D eigenvalue weighted by Crippen LogP contribution is -1.93. The van der Waals surface area contributed by atoms with Crippen LogP contribution >= 0.6 is 23.2 Å². The molecule has 0 unspecified atom stereocenters. The van der Waals surface area contributed by atoms with Crippen LogP contribution in [0.2, 0.25) is 10.0 Å². The van der Waals surface area contributed by atoms with Gasteiger partial charge in [0, 0.05) is 15.6 Å². The van der Waals surface area contributed by atoms with Crippen molar-refractivity contribution < 1.29 is 4.79 Å². The first kappa shape index (κ1) is 12.9. The maximum absolute atomic E-state index is 11.9. The van der Waals surface area contributed by atoms with Gasteiger partial charge in [0.2, 0.25) is 0 Å². The number of ketones is 1. The Hall–Kier alpha value is -1.57. The molecule has 0 fully saturated rings. The molecule has 0 bridgehead atoms. The third kappa shape index (κ3) is 3.22. The summed E-state index contributed by atoms with van der Waals surface area (Å²) in [5.41, 5.74) is 1.38. The molecular weight excluding hydrogens is 267 g/mol. The Kier molecular flexibility index (Phi) is 4.19. The highest BCUT2D eigenvalue weighted by atomic mass is 35.5. The van der Waals surface area contributed by atoms with Crippen molar-refractivity contribution in [1.29, 1.82) is 0 Å². The number of rotatable bonds is 3. The molecule has 0 amide bonds. The van der Waals surface area contributed by atoms with Crippen LogP contribution in [0.4, 0.5) is 0 Å². The average Bonchev–Trinajstić information content (AvgIpc) is 2.37. The SMILES string of the molecule is O=C(C=Cc1ccccc1Cl)c1cccc(Cl)c1. The van der Waals surface area contributed by atoms with Gasteiger partial charge >= 0.3 is 0 Å². The molecule has 0 heterocycles. The molecule has 1 nitrogen and oxygen atoms in total. The van der Waals surface area contributed by atoms with Crippen LogP contribution < -0.4 is 0 Å². The molecule has 0 aliphatic carbocycles. The van der Waals surface area contributed by atoms with Gasteiger partial charge in [0.05, 0.1) is 0 Å². The molecule has 0 saturated heterocycles. The number of carbonyl (C=O) groups excluding carboxylic acids is 1. The third-order valence-electron chi connectivity index (χ3n) is 2.43. The van der Waals surface area contributed by atoms with E-state index >= 15 is 0 Å². The molecule has 0 atom stereocenters. The predicted molar refractivity (Wildman–Crippen MR) is 76.3 cm³/mol. The van der Waals surface area contributed by atoms with E-state index in [-0.39, 0.29) is 5.78 Å². The van der Waals surface area contributed by atoms with Crippen LogP contribution in [0.3, 0.4) is 0 Å². The lowest BCUT2D eigenvalue weighted by Gasteiger charge is -1.98. The van der Waals surface area contributed by atoms with E-state index < -0.39 is 0 Å². The standard InChI is InChI=1S/C15H10Cl2O/c16-13-6-3-5-12(10-13)15(18)9-8-11-4-1-2-7-14(11)17/h1-10H. The van der Waals surface area contributed by atoms with Crippen molar-refractivity contribution in [2.45, 2.75) is 0 Å². The number of hydrogen-bond donors (Lipinski definition) is 0. The molecule has 0 N–H and O–H groups in total. The number of allylic oxidation sites excluding steroid dienone is 1. The normalized spacial score (nSPS) is 10.8. The Morgan fingerprint density at radius 2 is 1.78 bits per heavy atom. The Balaban J connectivity index is 2.20. The minimum absolute atomic E-state index is 0.0996. The molecule has 3 heteroatoms. The zero-order valence-electron chi connectivity index (χ0n) is 9.44. The quantitative estimate of drug-likeness (QED) is 0.576. The van der Waals surface area contributed by atoms with E-state index in [1.54, 1.807) is 36.4 Å². The maximum Gasteiger partial charge on any atom is 0.185 e. The molecule has 2 aromatic rings. The van der Waals surface area contributed by atoms with Crippen molar-refractivity contribution in [3.05, 3.63) is 75.8 Å². The van der Waals surface area contributed by atoms with Crippen molar-refractivity contribution >= 4 is 35.1 Å². The Morgan fingerprint density at radius 3 is 2.50 bits per heavy atom. The second kappa shape index (κ2) is 5.85. The van der Waals surface area contributed by atoms with Crippen molar-refractivity contribution in [3.8, 4) is 0 Å². The number of carbonyl (C=O) groups is 1. The van der Waals surface area contributed by atoms with Gasteiger partial charge in [-0.05, 0) is 35.9 Å². The summed E-state index contributed by atoms with van der Waals surface area (Å²) < 4.78 is 0. The van der Waals surface area contributed by atoms with Gasteiger partial charge in [-0.15, -0.1) is 0 Å². The molecule has 0 saturated carbocycles. The predicted octanol–water partition coefficient (Wildman–Crippen LogP) is 4.89. The van der Waals surface area contributed by atoms with E-state index in [0.717, 1.165) is 5.56 Å². The van der Waals surface area contributed by atoms with Crippen LogP contribution in [0.25, 0.3) is 6.08 Å². The summed E-state index contributed by atoms with van der Waals surface area (Å²) in [4.78, 5) is 11.9. The van der Waals surface area contributed by atoms with Crippen LogP contribution in [0.5, 0.6) is 0 Å². The summed E-state index contributed by atoms with van der Waals surface area (Å²) in [7, 11) is 0. The molecule has 0 aromatic heterocycles. The molecule has 2 aromatic carbocycles. The van der Waals surface area contributed by atoms with Crippen molar-refractivity contribution in [2.75, 3.05) is 0 Å². The van der Waals surface area contributed by atoms with Gasteiger partial charge in [-0.25, -0.2) is 0 Å². The lowest BCUT2D eigenvalue weighted by molar-refractivity contribution is 0.104. The molecule has 18 heavy (non-hydrogen) atoms. The van der Waals surface area contributed by atoms with Gasteiger partial charge in [0.15, 0.2) is 5.78 Å². The first-order chi connectivity index (χ1) is 8.66. The molecule has 2 rings (SSSR count). The van der Waals surface area contributed by atoms with Crippen LogP contribution in [0.15, 0.2) is 54.6 Å². The van der Waals surface area contributed by atoms with Gasteiger partial charge in [-0.1, -0.05) is 53.5 Å². The Bertz CT molecular complexity index is 603. The fraction of sp³-hybridized carbons (Fsp3) is 0. The number of benzene rings is 2. The van der Waals surface area contributed by atoms with Gasteiger partial charge in [0.25, 0.3) is 0 Å². The van der Waals surface area contributed by atoms with E-state index in [1.807, 2.05) is 18.2 Å². The van der Waals surface area contributed by atoms with Gasteiger partial charge < -0.3 is 0 Å².